The SMILES string of the molecule is CCn1ccnc1C(C)NC(=O)c1ccc2nccc(C)c2c1. The summed E-state index contributed by atoms with van der Waals surface area (Å²) in [6.45, 7) is 6.85. The van der Waals surface area contributed by atoms with Crippen molar-refractivity contribution >= 4 is 16.8 Å². The molecule has 0 aliphatic carbocycles. The maximum Gasteiger partial charge on any atom is 0.251 e. The molecule has 1 unspecified atom stereocenters. The Hall–Kier alpha value is -2.69. The standard InChI is InChI=1S/C18H20N4O/c1-4-22-10-9-20-17(22)13(3)21-18(23)14-5-6-16-15(11-14)12(2)7-8-19-16/h5-11,13H,4H2,1-3H3,(H,21,23). The first-order valence-electron chi connectivity index (χ1n) is 7.77. The number of fused-ring (bicyclic) bond motifs is 1. The Bertz CT molecular complexity index is 853. The van der Waals surface area contributed by atoms with Crippen molar-refractivity contribution in [2.24, 2.45) is 0 Å². The summed E-state index contributed by atoms with van der Waals surface area (Å²) in [5, 5.41) is 4.02. The normalized spacial score (nSPS) is 12.3. The molecule has 5 heteroatoms. The van der Waals surface area contributed by atoms with Crippen molar-refractivity contribution in [2.75, 3.05) is 0 Å². The quantitative estimate of drug-likeness (QED) is 0.805. The zero-order valence-corrected chi connectivity index (χ0v) is 13.6. The molecule has 3 aromatic rings. The van der Waals surface area contributed by atoms with Crippen LogP contribution < -0.4 is 5.32 Å². The summed E-state index contributed by atoms with van der Waals surface area (Å²) in [6, 6.07) is 7.39. The van der Waals surface area contributed by atoms with Crippen LogP contribution in [0.1, 0.15) is 41.6 Å². The highest BCUT2D eigenvalue weighted by molar-refractivity contribution is 5.98. The van der Waals surface area contributed by atoms with Gasteiger partial charge in [-0.25, -0.2) is 4.98 Å². The number of nitrogens with one attached hydrogen (secondary N) is 1. The summed E-state index contributed by atoms with van der Waals surface area (Å²) >= 11 is 0. The molecule has 0 aliphatic rings. The lowest BCUT2D eigenvalue weighted by Gasteiger charge is -2.15. The van der Waals surface area contributed by atoms with Gasteiger partial charge in [-0.1, -0.05) is 0 Å². The van der Waals surface area contributed by atoms with Gasteiger partial charge in [-0.2, -0.15) is 0 Å². The first kappa shape index (κ1) is 15.2. The number of amides is 1. The van der Waals surface area contributed by atoms with Gasteiger partial charge in [-0.3, -0.25) is 9.78 Å². The Balaban J connectivity index is 1.84. The van der Waals surface area contributed by atoms with Gasteiger partial charge in [-0.05, 0) is 50.6 Å². The van der Waals surface area contributed by atoms with Gasteiger partial charge in [0.25, 0.3) is 5.91 Å². The third kappa shape index (κ3) is 2.95. The molecule has 0 bridgehead atoms. The number of aromatic nitrogens is 3. The molecule has 118 valence electrons. The van der Waals surface area contributed by atoms with E-state index in [0.29, 0.717) is 5.56 Å². The van der Waals surface area contributed by atoms with Crippen molar-refractivity contribution in [1.82, 2.24) is 19.9 Å². The molecule has 2 aromatic heterocycles. The lowest BCUT2D eigenvalue weighted by atomic mass is 10.1. The molecule has 0 saturated heterocycles. The third-order valence-corrected chi connectivity index (χ3v) is 4.05. The summed E-state index contributed by atoms with van der Waals surface area (Å²) in [4.78, 5) is 21.2. The highest BCUT2D eigenvalue weighted by Crippen LogP contribution is 2.18. The number of carbonyl (C=O) groups is 1. The minimum absolute atomic E-state index is 0.103. The van der Waals surface area contributed by atoms with Crippen LogP contribution in [0.5, 0.6) is 0 Å². The van der Waals surface area contributed by atoms with Crippen LogP contribution in [-0.4, -0.2) is 20.4 Å². The van der Waals surface area contributed by atoms with E-state index in [1.165, 1.54) is 0 Å². The molecule has 1 N–H and O–H groups in total. The molecule has 0 radical (unpaired) electrons. The molecule has 1 atom stereocenters. The molecule has 2 heterocycles. The predicted octanol–water partition coefficient (Wildman–Crippen LogP) is 3.25. The average Bonchev–Trinajstić information content (AvgIpc) is 3.03. The summed E-state index contributed by atoms with van der Waals surface area (Å²) in [5.41, 5.74) is 2.64. The maximum absolute atomic E-state index is 12.5. The van der Waals surface area contributed by atoms with Crippen LogP contribution in [-0.2, 0) is 6.54 Å². The van der Waals surface area contributed by atoms with Crippen LogP contribution in [0.2, 0.25) is 0 Å². The van der Waals surface area contributed by atoms with Gasteiger partial charge in [0.15, 0.2) is 0 Å². The molecular formula is C18H20N4O. The van der Waals surface area contributed by atoms with Crippen LogP contribution in [0.4, 0.5) is 0 Å². The molecular weight excluding hydrogens is 288 g/mol. The number of pyridine rings is 1. The van der Waals surface area contributed by atoms with Gasteiger partial charge >= 0.3 is 0 Å². The van der Waals surface area contributed by atoms with Crippen molar-refractivity contribution in [3.8, 4) is 0 Å². The van der Waals surface area contributed by atoms with Crippen molar-refractivity contribution in [2.45, 2.75) is 33.4 Å². The van der Waals surface area contributed by atoms with E-state index in [0.717, 1.165) is 28.8 Å². The van der Waals surface area contributed by atoms with Crippen molar-refractivity contribution in [3.05, 3.63) is 59.8 Å². The fourth-order valence-corrected chi connectivity index (χ4v) is 2.74. The first-order chi connectivity index (χ1) is 11.1. The number of benzene rings is 1. The predicted molar refractivity (Wildman–Crippen MR) is 90.3 cm³/mol. The van der Waals surface area contributed by atoms with Crippen molar-refractivity contribution in [3.63, 3.8) is 0 Å². The lowest BCUT2D eigenvalue weighted by Crippen LogP contribution is -2.28. The number of hydrogen-bond donors (Lipinski definition) is 1. The van der Waals surface area contributed by atoms with E-state index in [4.69, 9.17) is 0 Å². The molecule has 1 aromatic carbocycles. The third-order valence-electron chi connectivity index (χ3n) is 4.05. The number of rotatable bonds is 4. The van der Waals surface area contributed by atoms with Gasteiger partial charge in [-0.15, -0.1) is 0 Å². The number of nitrogens with zero attached hydrogens (tertiary/aromatic N) is 3. The van der Waals surface area contributed by atoms with Crippen molar-refractivity contribution < 1.29 is 4.79 Å². The molecule has 3 rings (SSSR count). The zero-order valence-electron chi connectivity index (χ0n) is 13.6. The van der Waals surface area contributed by atoms with E-state index in [-0.39, 0.29) is 11.9 Å². The molecule has 0 aliphatic heterocycles. The monoisotopic (exact) mass is 308 g/mol. The van der Waals surface area contributed by atoms with Gasteiger partial charge < -0.3 is 9.88 Å². The summed E-state index contributed by atoms with van der Waals surface area (Å²) in [7, 11) is 0. The maximum atomic E-state index is 12.5. The molecule has 1 amide bonds. The van der Waals surface area contributed by atoms with E-state index in [1.54, 1.807) is 12.4 Å². The van der Waals surface area contributed by atoms with E-state index in [9.17, 15) is 4.79 Å². The van der Waals surface area contributed by atoms with E-state index in [2.05, 4.69) is 22.2 Å². The van der Waals surface area contributed by atoms with Crippen LogP contribution >= 0.6 is 0 Å². The zero-order chi connectivity index (χ0) is 16.4. The van der Waals surface area contributed by atoms with Gasteiger partial charge in [0.2, 0.25) is 0 Å². The fraction of sp³-hybridized carbons (Fsp3) is 0.278. The number of aryl methyl sites for hydroxylation is 2. The Morgan fingerprint density at radius 2 is 2.09 bits per heavy atom. The molecule has 23 heavy (non-hydrogen) atoms. The topological polar surface area (TPSA) is 59.8 Å². The van der Waals surface area contributed by atoms with E-state index < -0.39 is 0 Å². The number of imidazole rings is 1. The number of carbonyl (C=O) groups excluding carboxylic acids is 1. The van der Waals surface area contributed by atoms with Crippen LogP contribution in [0.25, 0.3) is 10.9 Å². The summed E-state index contributed by atoms with van der Waals surface area (Å²) < 4.78 is 2.03. The largest absolute Gasteiger partial charge is 0.342 e. The van der Waals surface area contributed by atoms with Crippen LogP contribution in [0, 0.1) is 6.92 Å². The highest BCUT2D eigenvalue weighted by atomic mass is 16.1. The van der Waals surface area contributed by atoms with Crippen molar-refractivity contribution in [1.29, 1.82) is 0 Å². The van der Waals surface area contributed by atoms with Gasteiger partial charge in [0.1, 0.15) is 5.82 Å². The second-order valence-electron chi connectivity index (χ2n) is 5.63. The van der Waals surface area contributed by atoms with Gasteiger partial charge in [0, 0.05) is 36.1 Å². The first-order valence-corrected chi connectivity index (χ1v) is 7.77. The second-order valence-corrected chi connectivity index (χ2v) is 5.63. The Labute approximate surface area is 135 Å². The van der Waals surface area contributed by atoms with Gasteiger partial charge in [0.05, 0.1) is 11.6 Å². The Morgan fingerprint density at radius 3 is 2.87 bits per heavy atom. The van der Waals surface area contributed by atoms with E-state index in [1.807, 2.05) is 48.9 Å². The number of hydrogen-bond acceptors (Lipinski definition) is 3. The summed E-state index contributed by atoms with van der Waals surface area (Å²) in [6.07, 6.45) is 5.46. The molecule has 0 spiro atoms. The van der Waals surface area contributed by atoms with Crippen LogP contribution in [0.3, 0.4) is 0 Å². The average molecular weight is 308 g/mol. The molecule has 0 saturated carbocycles. The second kappa shape index (κ2) is 6.20. The smallest absolute Gasteiger partial charge is 0.251 e. The minimum Gasteiger partial charge on any atom is -0.342 e. The lowest BCUT2D eigenvalue weighted by molar-refractivity contribution is 0.0938. The highest BCUT2D eigenvalue weighted by Gasteiger charge is 2.15. The molecule has 5 nitrogen and oxygen atoms in total. The Morgan fingerprint density at radius 1 is 1.26 bits per heavy atom. The fourth-order valence-electron chi connectivity index (χ4n) is 2.74. The molecule has 0 fully saturated rings. The Kier molecular flexibility index (Phi) is 4.10. The summed E-state index contributed by atoms with van der Waals surface area (Å²) in [5.74, 6) is 0.757. The minimum atomic E-state index is -0.150. The van der Waals surface area contributed by atoms with Crippen LogP contribution in [0.15, 0.2) is 42.9 Å². The van der Waals surface area contributed by atoms with E-state index >= 15 is 0 Å².